The summed E-state index contributed by atoms with van der Waals surface area (Å²) in [5, 5.41) is 9.02. The molecular weight excluding hydrogens is 208 g/mol. The number of nitrogens with zero attached hydrogens (tertiary/aromatic N) is 2. The second-order valence-corrected chi connectivity index (χ2v) is 5.16. The molecule has 0 saturated heterocycles. The van der Waals surface area contributed by atoms with Crippen LogP contribution in [0.3, 0.4) is 0 Å². The van der Waals surface area contributed by atoms with Crippen molar-refractivity contribution >= 4 is 5.69 Å². The number of hydrogen-bond donors (Lipinski definition) is 0. The molecule has 1 aromatic rings. The van der Waals surface area contributed by atoms with Crippen molar-refractivity contribution in [2.75, 3.05) is 18.0 Å². The summed E-state index contributed by atoms with van der Waals surface area (Å²) in [6, 6.07) is 10.9. The van der Waals surface area contributed by atoms with Gasteiger partial charge in [0.25, 0.3) is 0 Å². The van der Waals surface area contributed by atoms with Crippen molar-refractivity contribution in [2.45, 2.75) is 34.1 Å². The van der Waals surface area contributed by atoms with E-state index in [1.807, 2.05) is 13.8 Å². The SMILES string of the molecule is CCN(CCC(C)(C)C#N)c1ccc(C)cc1. The van der Waals surface area contributed by atoms with Crippen molar-refractivity contribution < 1.29 is 0 Å². The summed E-state index contributed by atoms with van der Waals surface area (Å²) in [6.45, 7) is 10.1. The summed E-state index contributed by atoms with van der Waals surface area (Å²) >= 11 is 0. The van der Waals surface area contributed by atoms with E-state index in [1.54, 1.807) is 0 Å². The van der Waals surface area contributed by atoms with Gasteiger partial charge in [0.15, 0.2) is 0 Å². The normalized spacial score (nSPS) is 11.0. The Morgan fingerprint density at radius 2 is 1.82 bits per heavy atom. The summed E-state index contributed by atoms with van der Waals surface area (Å²) in [6.07, 6.45) is 0.894. The van der Waals surface area contributed by atoms with Gasteiger partial charge in [-0.3, -0.25) is 0 Å². The number of benzene rings is 1. The fourth-order valence-corrected chi connectivity index (χ4v) is 1.70. The lowest BCUT2D eigenvalue weighted by Crippen LogP contribution is -2.27. The van der Waals surface area contributed by atoms with E-state index in [-0.39, 0.29) is 5.41 Å². The molecule has 17 heavy (non-hydrogen) atoms. The number of rotatable bonds is 5. The zero-order chi connectivity index (χ0) is 12.9. The second-order valence-electron chi connectivity index (χ2n) is 5.16. The highest BCUT2D eigenvalue weighted by Crippen LogP contribution is 2.22. The summed E-state index contributed by atoms with van der Waals surface area (Å²) < 4.78 is 0. The highest BCUT2D eigenvalue weighted by atomic mass is 15.1. The highest BCUT2D eigenvalue weighted by Gasteiger charge is 2.17. The highest BCUT2D eigenvalue weighted by molar-refractivity contribution is 5.47. The van der Waals surface area contributed by atoms with Crippen LogP contribution >= 0.6 is 0 Å². The molecular formula is C15H22N2. The molecule has 0 amide bonds. The average Bonchev–Trinajstić information content (AvgIpc) is 2.32. The van der Waals surface area contributed by atoms with Crippen LogP contribution in [-0.2, 0) is 0 Å². The van der Waals surface area contributed by atoms with Crippen molar-refractivity contribution in [3.05, 3.63) is 29.8 Å². The van der Waals surface area contributed by atoms with Gasteiger partial charge in [0.05, 0.1) is 11.5 Å². The molecule has 0 unspecified atom stereocenters. The summed E-state index contributed by atoms with van der Waals surface area (Å²) in [5.41, 5.74) is 2.28. The van der Waals surface area contributed by atoms with E-state index < -0.39 is 0 Å². The van der Waals surface area contributed by atoms with Gasteiger partial charge in [-0.15, -0.1) is 0 Å². The van der Waals surface area contributed by atoms with E-state index >= 15 is 0 Å². The molecule has 2 heteroatoms. The van der Waals surface area contributed by atoms with Gasteiger partial charge < -0.3 is 4.90 Å². The molecule has 1 rings (SSSR count). The molecule has 1 aromatic carbocycles. The molecule has 0 atom stereocenters. The standard InChI is InChI=1S/C15H22N2/c1-5-17(11-10-15(3,4)12-16)14-8-6-13(2)7-9-14/h6-9H,5,10-11H2,1-4H3. The molecule has 2 nitrogen and oxygen atoms in total. The van der Waals surface area contributed by atoms with Gasteiger partial charge in [0, 0.05) is 18.8 Å². The van der Waals surface area contributed by atoms with Crippen LogP contribution < -0.4 is 4.90 Å². The zero-order valence-corrected chi connectivity index (χ0v) is 11.3. The lowest BCUT2D eigenvalue weighted by Gasteiger charge is -2.26. The molecule has 0 bridgehead atoms. The van der Waals surface area contributed by atoms with Crippen LogP contribution in [0.15, 0.2) is 24.3 Å². The first kappa shape index (κ1) is 13.6. The number of nitriles is 1. The van der Waals surface area contributed by atoms with E-state index in [0.717, 1.165) is 19.5 Å². The monoisotopic (exact) mass is 230 g/mol. The maximum Gasteiger partial charge on any atom is 0.0684 e. The van der Waals surface area contributed by atoms with Gasteiger partial charge >= 0.3 is 0 Å². The minimum atomic E-state index is -0.238. The number of anilines is 1. The molecule has 0 fully saturated rings. The van der Waals surface area contributed by atoms with E-state index in [1.165, 1.54) is 11.3 Å². The largest absolute Gasteiger partial charge is 0.372 e. The van der Waals surface area contributed by atoms with Crippen molar-refractivity contribution in [3.8, 4) is 6.07 Å². The minimum Gasteiger partial charge on any atom is -0.372 e. The Morgan fingerprint density at radius 1 is 1.24 bits per heavy atom. The molecule has 0 aliphatic rings. The second kappa shape index (κ2) is 5.72. The molecule has 0 heterocycles. The van der Waals surface area contributed by atoms with Gasteiger partial charge in [0.1, 0.15) is 0 Å². The molecule has 0 aliphatic carbocycles. The van der Waals surface area contributed by atoms with Crippen LogP contribution in [0.5, 0.6) is 0 Å². The lowest BCUT2D eigenvalue weighted by molar-refractivity contribution is 0.451. The summed E-state index contributed by atoms with van der Waals surface area (Å²) in [4.78, 5) is 2.32. The third-order valence-electron chi connectivity index (χ3n) is 3.09. The minimum absolute atomic E-state index is 0.238. The van der Waals surface area contributed by atoms with Crippen LogP contribution in [0, 0.1) is 23.7 Å². The van der Waals surface area contributed by atoms with Gasteiger partial charge in [-0.25, -0.2) is 0 Å². The topological polar surface area (TPSA) is 27.0 Å². The smallest absolute Gasteiger partial charge is 0.0684 e. The first-order chi connectivity index (χ1) is 7.98. The Kier molecular flexibility index (Phi) is 4.57. The first-order valence-corrected chi connectivity index (χ1v) is 6.21. The number of aryl methyl sites for hydroxylation is 1. The predicted octanol–water partition coefficient (Wildman–Crippen LogP) is 3.76. The van der Waals surface area contributed by atoms with Gasteiger partial charge in [0.2, 0.25) is 0 Å². The third kappa shape index (κ3) is 4.11. The molecule has 0 radical (unpaired) electrons. The van der Waals surface area contributed by atoms with Crippen molar-refractivity contribution in [1.29, 1.82) is 5.26 Å². The van der Waals surface area contributed by atoms with Gasteiger partial charge in [-0.05, 0) is 46.2 Å². The first-order valence-electron chi connectivity index (χ1n) is 6.21. The fourth-order valence-electron chi connectivity index (χ4n) is 1.70. The van der Waals surface area contributed by atoms with Crippen molar-refractivity contribution in [1.82, 2.24) is 0 Å². The van der Waals surface area contributed by atoms with Gasteiger partial charge in [-0.1, -0.05) is 17.7 Å². The number of hydrogen-bond acceptors (Lipinski definition) is 2. The van der Waals surface area contributed by atoms with Crippen molar-refractivity contribution in [2.24, 2.45) is 5.41 Å². The average molecular weight is 230 g/mol. The van der Waals surface area contributed by atoms with E-state index in [0.29, 0.717) is 0 Å². The Labute approximate surface area is 105 Å². The third-order valence-corrected chi connectivity index (χ3v) is 3.09. The van der Waals surface area contributed by atoms with Crippen LogP contribution in [0.25, 0.3) is 0 Å². The Morgan fingerprint density at radius 3 is 2.29 bits per heavy atom. The quantitative estimate of drug-likeness (QED) is 0.770. The summed E-state index contributed by atoms with van der Waals surface area (Å²) in [7, 11) is 0. The van der Waals surface area contributed by atoms with Crippen LogP contribution in [-0.4, -0.2) is 13.1 Å². The van der Waals surface area contributed by atoms with Crippen LogP contribution in [0.2, 0.25) is 0 Å². The maximum atomic E-state index is 9.02. The maximum absolute atomic E-state index is 9.02. The lowest BCUT2D eigenvalue weighted by atomic mass is 9.91. The Balaban J connectivity index is 2.67. The molecule has 0 spiro atoms. The van der Waals surface area contributed by atoms with E-state index in [2.05, 4.69) is 49.1 Å². The molecule has 0 aliphatic heterocycles. The molecule has 92 valence electrons. The molecule has 0 aromatic heterocycles. The van der Waals surface area contributed by atoms with E-state index in [4.69, 9.17) is 5.26 Å². The Hall–Kier alpha value is -1.49. The zero-order valence-electron chi connectivity index (χ0n) is 11.3. The van der Waals surface area contributed by atoms with E-state index in [9.17, 15) is 0 Å². The van der Waals surface area contributed by atoms with Crippen LogP contribution in [0.1, 0.15) is 32.8 Å². The fraction of sp³-hybridized carbons (Fsp3) is 0.533. The Bertz CT molecular complexity index is 384. The molecule has 0 N–H and O–H groups in total. The van der Waals surface area contributed by atoms with Crippen molar-refractivity contribution in [3.63, 3.8) is 0 Å². The van der Waals surface area contributed by atoms with Crippen LogP contribution in [0.4, 0.5) is 5.69 Å². The summed E-state index contributed by atoms with van der Waals surface area (Å²) in [5.74, 6) is 0. The predicted molar refractivity (Wildman–Crippen MR) is 73.1 cm³/mol. The van der Waals surface area contributed by atoms with Gasteiger partial charge in [-0.2, -0.15) is 5.26 Å². The molecule has 0 saturated carbocycles.